The largest absolute Gasteiger partial charge is 0.409 e. The number of amidine groups is 1. The summed E-state index contributed by atoms with van der Waals surface area (Å²) in [7, 11) is 0. The van der Waals surface area contributed by atoms with E-state index in [1.165, 1.54) is 18.3 Å². The lowest BCUT2D eigenvalue weighted by molar-refractivity contribution is -0.120. The van der Waals surface area contributed by atoms with Crippen molar-refractivity contribution in [3.63, 3.8) is 0 Å². The lowest BCUT2D eigenvalue weighted by Crippen LogP contribution is -2.38. The Balaban J connectivity index is 3.15. The first-order chi connectivity index (χ1) is 8.89. The normalized spacial score (nSPS) is 12.5. The second kappa shape index (κ2) is 6.23. The second-order valence-electron chi connectivity index (χ2n) is 3.62. The Morgan fingerprint density at radius 1 is 1.47 bits per heavy atom. The maximum Gasteiger partial charge on any atom is 0.405 e. The van der Waals surface area contributed by atoms with Gasteiger partial charge in [0.05, 0.1) is 12.2 Å². The number of hydrogen-bond donors (Lipinski definition) is 3. The van der Waals surface area contributed by atoms with E-state index < -0.39 is 19.3 Å². The van der Waals surface area contributed by atoms with Crippen LogP contribution in [0.2, 0.25) is 0 Å². The van der Waals surface area contributed by atoms with Crippen molar-refractivity contribution >= 4 is 11.7 Å². The van der Waals surface area contributed by atoms with Gasteiger partial charge in [-0.15, -0.1) is 0 Å². The molecule has 0 saturated heterocycles. The summed E-state index contributed by atoms with van der Waals surface area (Å²) in [6.45, 7) is -2.05. The Morgan fingerprint density at radius 3 is 2.68 bits per heavy atom. The summed E-state index contributed by atoms with van der Waals surface area (Å²) in [4.78, 5) is 4.61. The van der Waals surface area contributed by atoms with Crippen LogP contribution in [0.15, 0.2) is 23.5 Å². The molecular weight excluding hydrogens is 265 g/mol. The van der Waals surface area contributed by atoms with Crippen molar-refractivity contribution in [3.8, 4) is 0 Å². The van der Waals surface area contributed by atoms with Crippen molar-refractivity contribution in [2.45, 2.75) is 6.18 Å². The number of aromatic nitrogens is 1. The number of rotatable bonds is 5. The van der Waals surface area contributed by atoms with Crippen LogP contribution in [0.1, 0.15) is 5.56 Å². The molecule has 0 radical (unpaired) electrons. The third kappa shape index (κ3) is 4.28. The molecule has 0 atom stereocenters. The monoisotopic (exact) mass is 278 g/mol. The number of aliphatic hydroxyl groups is 1. The van der Waals surface area contributed by atoms with Crippen LogP contribution in [0.4, 0.5) is 19.0 Å². The van der Waals surface area contributed by atoms with E-state index in [-0.39, 0.29) is 23.8 Å². The zero-order valence-corrected chi connectivity index (χ0v) is 9.80. The van der Waals surface area contributed by atoms with Crippen molar-refractivity contribution < 1.29 is 23.5 Å². The van der Waals surface area contributed by atoms with Crippen molar-refractivity contribution in [2.24, 2.45) is 10.9 Å². The summed E-state index contributed by atoms with van der Waals surface area (Å²) in [5, 5.41) is 20.2. The fraction of sp³-hybridized carbons (Fsp3) is 0.400. The minimum Gasteiger partial charge on any atom is -0.409 e. The lowest BCUT2D eigenvalue weighted by atomic mass is 10.2. The number of aliphatic hydroxyl groups excluding tert-OH is 1. The van der Waals surface area contributed by atoms with Crippen LogP contribution < -0.4 is 10.6 Å². The minimum absolute atomic E-state index is 0.0581. The number of nitrogens with two attached hydrogens (primary N) is 1. The Hall–Kier alpha value is -2.03. The summed E-state index contributed by atoms with van der Waals surface area (Å²) in [5.74, 6) is -0.461. The van der Waals surface area contributed by atoms with Crippen molar-refractivity contribution in [2.75, 3.05) is 24.6 Å². The molecule has 1 aromatic rings. The molecule has 0 bridgehead atoms. The zero-order valence-electron chi connectivity index (χ0n) is 9.80. The molecule has 0 aliphatic heterocycles. The molecule has 9 heteroatoms. The molecule has 1 heterocycles. The van der Waals surface area contributed by atoms with Crippen LogP contribution in [0.5, 0.6) is 0 Å². The van der Waals surface area contributed by atoms with E-state index in [9.17, 15) is 13.2 Å². The number of nitrogens with zero attached hydrogens (tertiary/aromatic N) is 3. The van der Waals surface area contributed by atoms with Crippen LogP contribution in [0, 0.1) is 0 Å². The highest BCUT2D eigenvalue weighted by molar-refractivity contribution is 6.01. The van der Waals surface area contributed by atoms with E-state index in [0.29, 0.717) is 0 Å². The van der Waals surface area contributed by atoms with Crippen LogP contribution in [0.25, 0.3) is 0 Å². The average molecular weight is 278 g/mol. The van der Waals surface area contributed by atoms with E-state index in [4.69, 9.17) is 16.0 Å². The second-order valence-corrected chi connectivity index (χ2v) is 3.62. The molecule has 0 saturated carbocycles. The van der Waals surface area contributed by atoms with Crippen LogP contribution in [-0.4, -0.2) is 47.0 Å². The number of anilines is 1. The zero-order chi connectivity index (χ0) is 14.5. The SMILES string of the molecule is N/C(=N/O)c1cccnc1N(CCO)CC(F)(F)F. The standard InChI is InChI=1S/C10H13F3N4O2/c11-10(12,13)6-17(4-5-18)9-7(8(14)16-19)2-1-3-15-9/h1-3,18-19H,4-6H2,(H2,14,16). The number of hydrogen-bond acceptors (Lipinski definition) is 5. The molecule has 0 fully saturated rings. The minimum atomic E-state index is -4.46. The first-order valence-corrected chi connectivity index (χ1v) is 5.24. The summed E-state index contributed by atoms with van der Waals surface area (Å²) < 4.78 is 37.4. The summed E-state index contributed by atoms with van der Waals surface area (Å²) in [6, 6.07) is 2.82. The van der Waals surface area contributed by atoms with E-state index in [0.717, 1.165) is 4.90 Å². The van der Waals surface area contributed by atoms with Gasteiger partial charge in [0, 0.05) is 12.7 Å². The predicted octanol–water partition coefficient (Wildman–Crippen LogP) is 0.537. The van der Waals surface area contributed by atoms with Gasteiger partial charge in [-0.25, -0.2) is 4.98 Å². The van der Waals surface area contributed by atoms with Gasteiger partial charge in [-0.3, -0.25) is 0 Å². The molecular formula is C10H13F3N4O2. The maximum absolute atomic E-state index is 12.5. The maximum atomic E-state index is 12.5. The van der Waals surface area contributed by atoms with Gasteiger partial charge in [0.2, 0.25) is 0 Å². The molecule has 0 amide bonds. The molecule has 19 heavy (non-hydrogen) atoms. The number of halogens is 3. The fourth-order valence-electron chi connectivity index (χ4n) is 1.50. The van der Waals surface area contributed by atoms with Gasteiger partial charge in [0.1, 0.15) is 12.4 Å². The van der Waals surface area contributed by atoms with E-state index in [2.05, 4.69) is 10.1 Å². The van der Waals surface area contributed by atoms with Gasteiger partial charge in [0.25, 0.3) is 0 Å². The molecule has 4 N–H and O–H groups in total. The van der Waals surface area contributed by atoms with Gasteiger partial charge < -0.3 is 20.9 Å². The highest BCUT2D eigenvalue weighted by Crippen LogP contribution is 2.23. The highest BCUT2D eigenvalue weighted by Gasteiger charge is 2.32. The van der Waals surface area contributed by atoms with Gasteiger partial charge in [-0.05, 0) is 12.1 Å². The molecule has 1 aromatic heterocycles. The molecule has 1 rings (SSSR count). The van der Waals surface area contributed by atoms with Gasteiger partial charge in [0.15, 0.2) is 5.84 Å². The third-order valence-electron chi connectivity index (χ3n) is 2.21. The molecule has 106 valence electrons. The highest BCUT2D eigenvalue weighted by atomic mass is 19.4. The van der Waals surface area contributed by atoms with Crippen molar-refractivity contribution in [1.82, 2.24) is 4.98 Å². The average Bonchev–Trinajstić information content (AvgIpc) is 2.36. The van der Waals surface area contributed by atoms with Crippen LogP contribution in [0.3, 0.4) is 0 Å². The van der Waals surface area contributed by atoms with E-state index in [1.54, 1.807) is 0 Å². The van der Waals surface area contributed by atoms with E-state index >= 15 is 0 Å². The molecule has 0 aliphatic carbocycles. The molecule has 6 nitrogen and oxygen atoms in total. The Labute approximate surface area is 107 Å². The smallest absolute Gasteiger partial charge is 0.405 e. The number of alkyl halides is 3. The molecule has 0 spiro atoms. The lowest BCUT2D eigenvalue weighted by Gasteiger charge is -2.25. The van der Waals surface area contributed by atoms with Crippen LogP contribution >= 0.6 is 0 Å². The van der Waals surface area contributed by atoms with Gasteiger partial charge in [-0.1, -0.05) is 5.16 Å². The van der Waals surface area contributed by atoms with Crippen molar-refractivity contribution in [1.29, 1.82) is 0 Å². The quantitative estimate of drug-likeness (QED) is 0.316. The van der Waals surface area contributed by atoms with E-state index in [1.807, 2.05) is 0 Å². The van der Waals surface area contributed by atoms with Crippen LogP contribution in [-0.2, 0) is 0 Å². The molecule has 0 aliphatic rings. The van der Waals surface area contributed by atoms with Gasteiger partial charge in [-0.2, -0.15) is 13.2 Å². The third-order valence-corrected chi connectivity index (χ3v) is 2.21. The Bertz CT molecular complexity index is 451. The molecule has 0 unspecified atom stereocenters. The summed E-state index contributed by atoms with van der Waals surface area (Å²) in [5.41, 5.74) is 5.44. The first-order valence-electron chi connectivity index (χ1n) is 5.24. The molecule has 0 aromatic carbocycles. The van der Waals surface area contributed by atoms with Crippen molar-refractivity contribution in [3.05, 3.63) is 23.9 Å². The number of oxime groups is 1. The fourth-order valence-corrected chi connectivity index (χ4v) is 1.50. The topological polar surface area (TPSA) is 95.0 Å². The summed E-state index contributed by atoms with van der Waals surface area (Å²) in [6.07, 6.45) is -3.18. The number of pyridine rings is 1. The summed E-state index contributed by atoms with van der Waals surface area (Å²) >= 11 is 0. The predicted molar refractivity (Wildman–Crippen MR) is 62.1 cm³/mol. The first kappa shape index (κ1) is 15.0. The van der Waals surface area contributed by atoms with Gasteiger partial charge >= 0.3 is 6.18 Å². The Morgan fingerprint density at radius 2 is 2.16 bits per heavy atom. The Kier molecular flexibility index (Phi) is 4.93.